The van der Waals surface area contributed by atoms with Gasteiger partial charge in [-0.1, -0.05) is 6.92 Å². The molecule has 1 nitrogen and oxygen atoms in total. The lowest BCUT2D eigenvalue weighted by molar-refractivity contribution is 0.450. The van der Waals surface area contributed by atoms with E-state index >= 15 is 0 Å². The number of hydrogen-bond donors (Lipinski definition) is 0. The molecule has 10 heavy (non-hydrogen) atoms. The van der Waals surface area contributed by atoms with E-state index < -0.39 is 0 Å². The lowest BCUT2D eigenvalue weighted by atomic mass is 10.3. The highest BCUT2D eigenvalue weighted by atomic mass is 35.5. The third-order valence-electron chi connectivity index (χ3n) is 1.54. The molecule has 0 aromatic heterocycles. The van der Waals surface area contributed by atoms with E-state index in [-0.39, 0.29) is 4.71 Å². The van der Waals surface area contributed by atoms with Crippen molar-refractivity contribution in [3.05, 3.63) is 0 Å². The minimum Gasteiger partial charge on any atom is -0.217 e. The molecule has 1 saturated heterocycles. The molecule has 2 unspecified atom stereocenters. The Bertz CT molecular complexity index is 102. The average Bonchev–Trinajstić information content (AvgIpc) is 1.85. The lowest BCUT2D eigenvalue weighted by Crippen LogP contribution is -2.34. The van der Waals surface area contributed by atoms with Gasteiger partial charge in [0, 0.05) is 18.3 Å². The Kier molecular flexibility index (Phi) is 3.64. The van der Waals surface area contributed by atoms with Crippen molar-refractivity contribution in [1.82, 2.24) is 4.42 Å². The summed E-state index contributed by atoms with van der Waals surface area (Å²) in [5, 5.41) is 0.619. The molecule has 1 aliphatic heterocycles. The lowest BCUT2D eigenvalue weighted by Gasteiger charge is -2.29. The van der Waals surface area contributed by atoms with Crippen LogP contribution >= 0.6 is 35.1 Å². The van der Waals surface area contributed by atoms with Crippen molar-refractivity contribution in [2.75, 3.05) is 13.1 Å². The molecule has 0 spiro atoms. The Morgan fingerprint density at radius 2 is 2.30 bits per heavy atom. The first kappa shape index (κ1) is 8.98. The summed E-state index contributed by atoms with van der Waals surface area (Å²) in [6, 6.07) is 0. The molecule has 0 radical (unpaired) electrons. The van der Waals surface area contributed by atoms with Gasteiger partial charge in [0.15, 0.2) is 0 Å². The van der Waals surface area contributed by atoms with E-state index in [1.165, 1.54) is 0 Å². The second-order valence-corrected chi connectivity index (χ2v) is 5.18. The predicted molar refractivity (Wildman–Crippen MR) is 48.7 cm³/mol. The maximum Gasteiger partial charge on any atom is 0.0931 e. The topological polar surface area (TPSA) is 3.24 Å². The van der Waals surface area contributed by atoms with Gasteiger partial charge in [-0.2, -0.15) is 0 Å². The van der Waals surface area contributed by atoms with Gasteiger partial charge in [0.05, 0.1) is 4.71 Å². The van der Waals surface area contributed by atoms with Crippen LogP contribution in [0, 0.1) is 0 Å². The highest BCUT2D eigenvalue weighted by molar-refractivity contribution is 8.01. The van der Waals surface area contributed by atoms with E-state index in [9.17, 15) is 0 Å². The van der Waals surface area contributed by atoms with Gasteiger partial charge in [-0.15, -0.1) is 23.4 Å². The summed E-state index contributed by atoms with van der Waals surface area (Å²) in [7, 11) is 0. The van der Waals surface area contributed by atoms with E-state index in [1.807, 2.05) is 11.8 Å². The smallest absolute Gasteiger partial charge is 0.0931 e. The van der Waals surface area contributed by atoms with E-state index in [2.05, 4.69) is 6.92 Å². The van der Waals surface area contributed by atoms with Crippen LogP contribution in [0.25, 0.3) is 0 Å². The molecule has 0 aromatic carbocycles. The molecule has 0 aromatic rings. The van der Waals surface area contributed by atoms with Crippen LogP contribution < -0.4 is 0 Å². The van der Waals surface area contributed by atoms with Crippen molar-refractivity contribution < 1.29 is 0 Å². The van der Waals surface area contributed by atoms with Crippen LogP contribution in [0.2, 0.25) is 0 Å². The molecule has 0 N–H and O–H groups in total. The molecular formula is C6H11Cl2NS. The predicted octanol–water partition coefficient (Wildman–Crippen LogP) is 2.53. The Hall–Kier alpha value is 0.890. The zero-order valence-corrected chi connectivity index (χ0v) is 8.22. The van der Waals surface area contributed by atoms with Crippen molar-refractivity contribution in [3.63, 3.8) is 0 Å². The van der Waals surface area contributed by atoms with Crippen LogP contribution in [0.15, 0.2) is 0 Å². The largest absolute Gasteiger partial charge is 0.217 e. The summed E-state index contributed by atoms with van der Waals surface area (Å²) in [4.78, 5) is 0. The Morgan fingerprint density at radius 3 is 2.80 bits per heavy atom. The number of halogens is 2. The molecule has 60 valence electrons. The Balaban J connectivity index is 2.35. The fourth-order valence-electron chi connectivity index (χ4n) is 0.971. The van der Waals surface area contributed by atoms with Gasteiger partial charge in [0.1, 0.15) is 0 Å². The standard InChI is InChI=1S/C6H11Cl2NS/c1-2-5-3-9(8)4-6(7)10-5/h5-6H,2-4H2,1H3. The molecular weight excluding hydrogens is 189 g/mol. The number of nitrogens with zero attached hydrogens (tertiary/aromatic N) is 1. The minimum atomic E-state index is 0.177. The van der Waals surface area contributed by atoms with Gasteiger partial charge in [-0.25, -0.2) is 4.42 Å². The van der Waals surface area contributed by atoms with Crippen LogP contribution in [-0.2, 0) is 0 Å². The Labute approximate surface area is 76.2 Å². The molecule has 0 amide bonds. The van der Waals surface area contributed by atoms with Crippen molar-refractivity contribution >= 4 is 35.1 Å². The van der Waals surface area contributed by atoms with E-state index in [0.29, 0.717) is 5.25 Å². The molecule has 4 heteroatoms. The minimum absolute atomic E-state index is 0.177. The summed E-state index contributed by atoms with van der Waals surface area (Å²) in [6.07, 6.45) is 1.15. The van der Waals surface area contributed by atoms with Crippen LogP contribution in [0.1, 0.15) is 13.3 Å². The number of alkyl halides is 1. The van der Waals surface area contributed by atoms with Crippen LogP contribution in [0.5, 0.6) is 0 Å². The van der Waals surface area contributed by atoms with E-state index in [0.717, 1.165) is 19.5 Å². The van der Waals surface area contributed by atoms with E-state index in [4.69, 9.17) is 23.4 Å². The highest BCUT2D eigenvalue weighted by Crippen LogP contribution is 2.30. The summed E-state index contributed by atoms with van der Waals surface area (Å²) in [6.45, 7) is 3.92. The van der Waals surface area contributed by atoms with Crippen molar-refractivity contribution in [2.24, 2.45) is 0 Å². The fraction of sp³-hybridized carbons (Fsp3) is 1.00. The zero-order chi connectivity index (χ0) is 7.56. The second kappa shape index (κ2) is 4.05. The van der Waals surface area contributed by atoms with Crippen LogP contribution in [-0.4, -0.2) is 27.5 Å². The van der Waals surface area contributed by atoms with Gasteiger partial charge in [-0.05, 0) is 18.2 Å². The molecule has 1 heterocycles. The summed E-state index contributed by atoms with van der Waals surface area (Å²) < 4.78 is 1.96. The van der Waals surface area contributed by atoms with Gasteiger partial charge in [-0.3, -0.25) is 0 Å². The average molecular weight is 200 g/mol. The molecule has 0 aliphatic carbocycles. The van der Waals surface area contributed by atoms with Crippen LogP contribution in [0.3, 0.4) is 0 Å². The molecule has 0 saturated carbocycles. The third-order valence-corrected chi connectivity index (χ3v) is 3.57. The first-order chi connectivity index (χ1) is 4.72. The van der Waals surface area contributed by atoms with Crippen molar-refractivity contribution in [2.45, 2.75) is 23.3 Å². The van der Waals surface area contributed by atoms with E-state index in [1.54, 1.807) is 4.42 Å². The van der Waals surface area contributed by atoms with Gasteiger partial charge in [0.25, 0.3) is 0 Å². The first-order valence-corrected chi connectivity index (χ1v) is 5.14. The molecule has 2 atom stereocenters. The molecule has 1 aliphatic rings. The summed E-state index contributed by atoms with van der Waals surface area (Å²) >= 11 is 13.6. The van der Waals surface area contributed by atoms with Gasteiger partial charge < -0.3 is 0 Å². The van der Waals surface area contributed by atoms with Crippen molar-refractivity contribution in [1.29, 1.82) is 0 Å². The zero-order valence-electron chi connectivity index (χ0n) is 5.89. The van der Waals surface area contributed by atoms with Crippen LogP contribution in [0.4, 0.5) is 0 Å². The molecule has 1 rings (SSSR count). The highest BCUT2D eigenvalue weighted by Gasteiger charge is 2.23. The second-order valence-electron chi connectivity index (χ2n) is 2.40. The third kappa shape index (κ3) is 2.50. The number of thioether (sulfide) groups is 1. The Morgan fingerprint density at radius 1 is 1.60 bits per heavy atom. The van der Waals surface area contributed by atoms with Gasteiger partial charge in [0.2, 0.25) is 0 Å². The monoisotopic (exact) mass is 199 g/mol. The molecule has 0 bridgehead atoms. The maximum atomic E-state index is 5.92. The van der Waals surface area contributed by atoms with Gasteiger partial charge >= 0.3 is 0 Å². The quantitative estimate of drug-likeness (QED) is 0.472. The molecule has 1 fully saturated rings. The summed E-state index contributed by atoms with van der Waals surface area (Å²) in [5.41, 5.74) is 0. The fourth-order valence-corrected chi connectivity index (χ4v) is 3.26. The SMILES string of the molecule is CCC1CN(Cl)CC(Cl)S1. The summed E-state index contributed by atoms with van der Waals surface area (Å²) in [5.74, 6) is 0. The van der Waals surface area contributed by atoms with Crippen molar-refractivity contribution in [3.8, 4) is 0 Å². The number of hydrogen-bond acceptors (Lipinski definition) is 2. The maximum absolute atomic E-state index is 5.92. The normalized spacial score (nSPS) is 36.3. The number of rotatable bonds is 1. The first-order valence-electron chi connectivity index (χ1n) is 3.42.